The first-order valence-electron chi connectivity index (χ1n) is 3.91. The van der Waals surface area contributed by atoms with Gasteiger partial charge in [0, 0.05) is 5.75 Å². The number of rotatable bonds is 6. The van der Waals surface area contributed by atoms with Crippen molar-refractivity contribution >= 4 is 53.3 Å². The Labute approximate surface area is 108 Å². The van der Waals surface area contributed by atoms with Gasteiger partial charge < -0.3 is 15.4 Å². The summed E-state index contributed by atoms with van der Waals surface area (Å²) >= 11 is 6.33. The van der Waals surface area contributed by atoms with Gasteiger partial charge in [0.25, 0.3) is 0 Å². The van der Waals surface area contributed by atoms with Gasteiger partial charge in [0.05, 0.1) is 0 Å². The van der Waals surface area contributed by atoms with E-state index in [1.165, 1.54) is 0 Å². The third-order valence-electron chi connectivity index (χ3n) is 1.01. The van der Waals surface area contributed by atoms with Crippen LogP contribution in [0.15, 0.2) is 0 Å². The van der Waals surface area contributed by atoms with Crippen molar-refractivity contribution < 1.29 is 14.5 Å². The highest BCUT2D eigenvalue weighted by Crippen LogP contribution is 2.06. The van der Waals surface area contributed by atoms with Crippen LogP contribution in [0.4, 0.5) is 0 Å². The summed E-state index contributed by atoms with van der Waals surface area (Å²) in [7, 11) is 0. The Morgan fingerprint density at radius 2 is 1.93 bits per heavy atom. The van der Waals surface area contributed by atoms with Crippen LogP contribution in [0.3, 0.4) is 0 Å². The Kier molecular flexibility index (Phi) is 15.6. The lowest BCUT2D eigenvalue weighted by atomic mass is 10.4. The number of thiol groups is 1. The summed E-state index contributed by atoms with van der Waals surface area (Å²) in [5, 5.41) is 9.57. The largest absolute Gasteiger partial charge is 0.615 e. The van der Waals surface area contributed by atoms with E-state index in [9.17, 15) is 9.35 Å². The molecule has 4 nitrogen and oxygen atoms in total. The monoisotopic (exact) mass is 291 g/mol. The van der Waals surface area contributed by atoms with Gasteiger partial charge >= 0.3 is 5.97 Å². The average Bonchev–Trinajstić information content (AvgIpc) is 2.18. The topological polar surface area (TPSA) is 86.4 Å². The van der Waals surface area contributed by atoms with Gasteiger partial charge in [-0.15, -0.1) is 23.5 Å². The average molecular weight is 291 g/mol. The molecule has 92 valence electrons. The minimum Gasteiger partial charge on any atom is -0.615 e. The third kappa shape index (κ3) is 14.8. The number of aliphatic carboxylic acids is 1. The molecular weight excluding hydrogens is 274 g/mol. The molecule has 0 spiro atoms. The number of carboxylic acids is 1. The molecule has 0 aliphatic rings. The molecule has 0 heterocycles. The SMILES string of the molecule is CSC[S+]([O-])CSC.NC(CS)C(=O)O. The Hall–Kier alpha value is 0.790. The highest BCUT2D eigenvalue weighted by atomic mass is 32.3. The summed E-state index contributed by atoms with van der Waals surface area (Å²) in [5.74, 6) is -0.815. The molecule has 0 aliphatic carbocycles. The van der Waals surface area contributed by atoms with E-state index in [0.29, 0.717) is 0 Å². The van der Waals surface area contributed by atoms with Crippen LogP contribution in [0.25, 0.3) is 0 Å². The molecule has 0 saturated heterocycles. The fourth-order valence-corrected chi connectivity index (χ4v) is 3.52. The number of carbonyl (C=O) groups is 1. The van der Waals surface area contributed by atoms with Crippen molar-refractivity contribution in [3.8, 4) is 0 Å². The molecule has 8 heteroatoms. The van der Waals surface area contributed by atoms with Gasteiger partial charge in [-0.1, -0.05) is 0 Å². The Morgan fingerprint density at radius 1 is 1.53 bits per heavy atom. The molecule has 0 aromatic rings. The van der Waals surface area contributed by atoms with E-state index in [2.05, 4.69) is 12.6 Å². The number of hydrogen-bond acceptors (Lipinski definition) is 6. The van der Waals surface area contributed by atoms with Crippen LogP contribution >= 0.6 is 36.2 Å². The van der Waals surface area contributed by atoms with Gasteiger partial charge in [-0.2, -0.15) is 12.6 Å². The zero-order valence-corrected chi connectivity index (χ0v) is 12.1. The third-order valence-corrected chi connectivity index (χ3v) is 5.39. The first-order chi connectivity index (χ1) is 6.99. The first-order valence-corrected chi connectivity index (χ1v) is 8.82. The second kappa shape index (κ2) is 12.9. The molecule has 0 bridgehead atoms. The molecule has 3 N–H and O–H groups in total. The minimum absolute atomic E-state index is 0.190. The summed E-state index contributed by atoms with van der Waals surface area (Å²) in [6, 6.07) is -0.816. The molecule has 0 saturated carbocycles. The van der Waals surface area contributed by atoms with Crippen molar-refractivity contribution in [2.45, 2.75) is 6.04 Å². The normalized spacial score (nSPS) is 11.9. The van der Waals surface area contributed by atoms with Gasteiger partial charge in [-0.25, -0.2) is 0 Å². The summed E-state index contributed by atoms with van der Waals surface area (Å²) in [6.45, 7) is 0. The van der Waals surface area contributed by atoms with E-state index in [4.69, 9.17) is 10.8 Å². The van der Waals surface area contributed by atoms with Crippen LogP contribution in [0.1, 0.15) is 0 Å². The first kappa shape index (κ1) is 18.2. The van der Waals surface area contributed by atoms with Gasteiger partial charge in [-0.05, 0) is 23.7 Å². The molecule has 0 fully saturated rings. The summed E-state index contributed by atoms with van der Waals surface area (Å²) in [4.78, 5) is 9.76. The molecule has 0 radical (unpaired) electrons. The van der Waals surface area contributed by atoms with Crippen molar-refractivity contribution in [3.05, 3.63) is 0 Å². The molecule has 0 amide bonds. The van der Waals surface area contributed by atoms with Crippen LogP contribution in [-0.2, 0) is 16.0 Å². The molecule has 0 rings (SSSR count). The Morgan fingerprint density at radius 3 is 2.07 bits per heavy atom. The van der Waals surface area contributed by atoms with Crippen molar-refractivity contribution in [1.82, 2.24) is 0 Å². The molecule has 0 aromatic carbocycles. The molecular formula is C7H17NO3S4. The van der Waals surface area contributed by atoms with Crippen LogP contribution in [0.5, 0.6) is 0 Å². The van der Waals surface area contributed by atoms with E-state index >= 15 is 0 Å². The Bertz CT molecular complexity index is 155. The smallest absolute Gasteiger partial charge is 0.321 e. The maximum atomic E-state index is 10.7. The standard InChI is InChI=1S/C4H10OS3.C3H7NO2S/c1-6-3-8(5)4-7-2;4-2(1-7)3(5)6/h3-4H2,1-2H3;2,7H,1,4H2,(H,5,6). The number of carboxylic acid groups (broad SMARTS) is 1. The van der Waals surface area contributed by atoms with Gasteiger partial charge in [0.1, 0.15) is 6.04 Å². The second-order valence-corrected chi connectivity index (χ2v) is 6.67. The van der Waals surface area contributed by atoms with E-state index in [1.807, 2.05) is 12.5 Å². The number of nitrogens with two attached hydrogens (primary N) is 1. The fourth-order valence-electron chi connectivity index (χ4n) is 0.375. The van der Waals surface area contributed by atoms with Crippen molar-refractivity contribution in [1.29, 1.82) is 0 Å². The van der Waals surface area contributed by atoms with Gasteiger partial charge in [-0.3, -0.25) is 4.79 Å². The predicted molar refractivity (Wildman–Crippen MR) is 74.4 cm³/mol. The van der Waals surface area contributed by atoms with E-state index in [0.717, 1.165) is 10.2 Å². The van der Waals surface area contributed by atoms with E-state index in [-0.39, 0.29) is 5.75 Å². The molecule has 15 heavy (non-hydrogen) atoms. The highest BCUT2D eigenvalue weighted by Gasteiger charge is 2.06. The lowest BCUT2D eigenvalue weighted by Gasteiger charge is -2.05. The van der Waals surface area contributed by atoms with E-state index < -0.39 is 23.2 Å². The number of hydrogen-bond donors (Lipinski definition) is 3. The second-order valence-electron chi connectivity index (χ2n) is 2.38. The molecule has 1 unspecified atom stereocenters. The molecule has 0 aliphatic heterocycles. The van der Waals surface area contributed by atoms with Crippen molar-refractivity contribution in [3.63, 3.8) is 0 Å². The molecule has 0 aromatic heterocycles. The van der Waals surface area contributed by atoms with Gasteiger partial charge in [0.2, 0.25) is 0 Å². The highest BCUT2D eigenvalue weighted by molar-refractivity contribution is 8.18. The van der Waals surface area contributed by atoms with Crippen molar-refractivity contribution in [2.24, 2.45) is 5.73 Å². The van der Waals surface area contributed by atoms with E-state index in [1.54, 1.807) is 23.5 Å². The lowest BCUT2D eigenvalue weighted by molar-refractivity contribution is -0.137. The summed E-state index contributed by atoms with van der Waals surface area (Å²) in [5.41, 5.74) is 4.94. The summed E-state index contributed by atoms with van der Waals surface area (Å²) in [6.07, 6.45) is 3.94. The van der Waals surface area contributed by atoms with Crippen LogP contribution in [0.2, 0.25) is 0 Å². The van der Waals surface area contributed by atoms with Crippen LogP contribution < -0.4 is 5.73 Å². The van der Waals surface area contributed by atoms with Crippen LogP contribution in [-0.4, -0.2) is 50.1 Å². The fraction of sp³-hybridized carbons (Fsp3) is 0.857. The van der Waals surface area contributed by atoms with Gasteiger partial charge in [0.15, 0.2) is 10.2 Å². The summed E-state index contributed by atoms with van der Waals surface area (Å²) < 4.78 is 10.7. The zero-order chi connectivity index (χ0) is 12.3. The molecule has 1 atom stereocenters. The lowest BCUT2D eigenvalue weighted by Crippen LogP contribution is -2.31. The predicted octanol–water partition coefficient (Wildman–Crippen LogP) is 0.704. The van der Waals surface area contributed by atoms with Crippen LogP contribution in [0, 0.1) is 0 Å². The maximum absolute atomic E-state index is 10.7. The minimum atomic E-state index is -1.00. The zero-order valence-electron chi connectivity index (χ0n) is 8.71. The van der Waals surface area contributed by atoms with Crippen molar-refractivity contribution in [2.75, 3.05) is 28.4 Å². The quantitative estimate of drug-likeness (QED) is 0.493. The number of thioether (sulfide) groups is 2. The Balaban J connectivity index is 0. The maximum Gasteiger partial charge on any atom is 0.321 e.